The molecule has 0 aliphatic carbocycles. The van der Waals surface area contributed by atoms with E-state index in [9.17, 15) is 4.79 Å². The van der Waals surface area contributed by atoms with Crippen LogP contribution in [0.3, 0.4) is 0 Å². The normalized spacial score (nSPS) is 16.5. The summed E-state index contributed by atoms with van der Waals surface area (Å²) in [6, 6.07) is 3.41. The SMILES string of the molecule is CC(C)c1nnc(C2CCN(C(=O)c3ccc(Br)o3)CC2)o1. The molecule has 0 aromatic carbocycles. The van der Waals surface area contributed by atoms with E-state index in [-0.39, 0.29) is 17.7 Å². The summed E-state index contributed by atoms with van der Waals surface area (Å²) in [6.07, 6.45) is 1.65. The topological polar surface area (TPSA) is 72.4 Å². The van der Waals surface area contributed by atoms with Gasteiger partial charge in [-0.05, 0) is 40.9 Å². The van der Waals surface area contributed by atoms with Crippen molar-refractivity contribution in [3.8, 4) is 0 Å². The van der Waals surface area contributed by atoms with Crippen molar-refractivity contribution < 1.29 is 13.6 Å². The van der Waals surface area contributed by atoms with Gasteiger partial charge >= 0.3 is 0 Å². The average Bonchev–Trinajstić information content (AvgIpc) is 3.16. The van der Waals surface area contributed by atoms with E-state index in [2.05, 4.69) is 26.1 Å². The second kappa shape index (κ2) is 6.24. The Balaban J connectivity index is 1.61. The van der Waals surface area contributed by atoms with E-state index in [0.717, 1.165) is 12.8 Å². The molecule has 22 heavy (non-hydrogen) atoms. The van der Waals surface area contributed by atoms with Crippen molar-refractivity contribution in [3.05, 3.63) is 34.3 Å². The Morgan fingerprint density at radius 2 is 2.00 bits per heavy atom. The first-order valence-corrected chi connectivity index (χ1v) is 8.22. The summed E-state index contributed by atoms with van der Waals surface area (Å²) < 4.78 is 11.6. The van der Waals surface area contributed by atoms with Crippen LogP contribution in [0.25, 0.3) is 0 Å². The summed E-state index contributed by atoms with van der Waals surface area (Å²) in [4.78, 5) is 14.1. The van der Waals surface area contributed by atoms with Crippen LogP contribution in [0.2, 0.25) is 0 Å². The lowest BCUT2D eigenvalue weighted by Crippen LogP contribution is -2.37. The number of hydrogen-bond donors (Lipinski definition) is 0. The molecule has 1 fully saturated rings. The van der Waals surface area contributed by atoms with Gasteiger partial charge < -0.3 is 13.7 Å². The molecule has 1 amide bonds. The molecule has 0 bridgehead atoms. The number of piperidine rings is 1. The van der Waals surface area contributed by atoms with E-state index in [4.69, 9.17) is 8.83 Å². The first-order valence-electron chi connectivity index (χ1n) is 7.42. The zero-order chi connectivity index (χ0) is 15.7. The zero-order valence-electron chi connectivity index (χ0n) is 12.6. The average molecular weight is 368 g/mol. The molecular weight excluding hydrogens is 350 g/mol. The summed E-state index contributed by atoms with van der Waals surface area (Å²) in [5.74, 6) is 2.13. The van der Waals surface area contributed by atoms with Gasteiger partial charge in [0.2, 0.25) is 11.8 Å². The van der Waals surface area contributed by atoms with Gasteiger partial charge in [0.05, 0.1) is 0 Å². The highest BCUT2D eigenvalue weighted by atomic mass is 79.9. The molecule has 2 aromatic rings. The Labute approximate surface area is 137 Å². The third kappa shape index (κ3) is 3.09. The summed E-state index contributed by atoms with van der Waals surface area (Å²) in [7, 11) is 0. The number of rotatable bonds is 3. The number of amides is 1. The molecule has 1 saturated heterocycles. The number of hydrogen-bond acceptors (Lipinski definition) is 5. The third-order valence-electron chi connectivity index (χ3n) is 3.87. The van der Waals surface area contributed by atoms with E-state index < -0.39 is 0 Å². The Kier molecular flexibility index (Phi) is 4.33. The van der Waals surface area contributed by atoms with Crippen LogP contribution in [-0.4, -0.2) is 34.1 Å². The van der Waals surface area contributed by atoms with Crippen LogP contribution < -0.4 is 0 Å². The molecule has 0 radical (unpaired) electrons. The molecule has 1 aliphatic rings. The second-order valence-corrected chi connectivity index (χ2v) is 6.59. The van der Waals surface area contributed by atoms with Crippen LogP contribution in [0.4, 0.5) is 0 Å². The number of nitrogens with zero attached hydrogens (tertiary/aromatic N) is 3. The molecule has 3 heterocycles. The molecule has 0 atom stereocenters. The number of likely N-dealkylation sites (tertiary alicyclic amines) is 1. The van der Waals surface area contributed by atoms with Crippen molar-refractivity contribution in [2.24, 2.45) is 0 Å². The standard InChI is InChI=1S/C15H18BrN3O3/c1-9(2)13-17-18-14(22-13)10-5-7-19(8-6-10)15(20)11-3-4-12(16)21-11/h3-4,9-10H,5-8H2,1-2H3. The largest absolute Gasteiger partial charge is 0.444 e. The predicted molar refractivity (Wildman–Crippen MR) is 82.7 cm³/mol. The fourth-order valence-electron chi connectivity index (χ4n) is 2.56. The van der Waals surface area contributed by atoms with Gasteiger partial charge in [-0.3, -0.25) is 4.79 Å². The molecule has 7 heteroatoms. The lowest BCUT2D eigenvalue weighted by atomic mass is 9.96. The third-order valence-corrected chi connectivity index (χ3v) is 4.29. The quantitative estimate of drug-likeness (QED) is 0.828. The van der Waals surface area contributed by atoms with Gasteiger partial charge in [0.25, 0.3) is 5.91 Å². The molecule has 3 rings (SSSR count). The van der Waals surface area contributed by atoms with Crippen molar-refractivity contribution >= 4 is 21.8 Å². The van der Waals surface area contributed by atoms with Gasteiger partial charge in [-0.1, -0.05) is 13.8 Å². The molecule has 6 nitrogen and oxygen atoms in total. The summed E-state index contributed by atoms with van der Waals surface area (Å²) >= 11 is 3.21. The molecule has 0 spiro atoms. The Morgan fingerprint density at radius 1 is 1.27 bits per heavy atom. The molecule has 0 N–H and O–H groups in total. The predicted octanol–water partition coefficient (Wildman–Crippen LogP) is 3.57. The van der Waals surface area contributed by atoms with Gasteiger partial charge in [0.15, 0.2) is 10.4 Å². The van der Waals surface area contributed by atoms with Crippen molar-refractivity contribution in [1.29, 1.82) is 0 Å². The second-order valence-electron chi connectivity index (χ2n) is 5.80. The molecule has 2 aromatic heterocycles. The van der Waals surface area contributed by atoms with Crippen molar-refractivity contribution in [3.63, 3.8) is 0 Å². The van der Waals surface area contributed by atoms with Gasteiger partial charge in [0.1, 0.15) is 0 Å². The highest BCUT2D eigenvalue weighted by Gasteiger charge is 2.29. The monoisotopic (exact) mass is 367 g/mol. The summed E-state index contributed by atoms with van der Waals surface area (Å²) in [5.41, 5.74) is 0. The first kappa shape index (κ1) is 15.3. The zero-order valence-corrected chi connectivity index (χ0v) is 14.2. The van der Waals surface area contributed by atoms with Crippen LogP contribution in [0.5, 0.6) is 0 Å². The van der Waals surface area contributed by atoms with Crippen LogP contribution in [0, 0.1) is 0 Å². The molecule has 0 unspecified atom stereocenters. The highest BCUT2D eigenvalue weighted by molar-refractivity contribution is 9.10. The number of aromatic nitrogens is 2. The maximum atomic E-state index is 12.3. The minimum absolute atomic E-state index is 0.0717. The van der Waals surface area contributed by atoms with E-state index in [0.29, 0.717) is 35.3 Å². The van der Waals surface area contributed by atoms with Crippen molar-refractivity contribution in [1.82, 2.24) is 15.1 Å². The van der Waals surface area contributed by atoms with Gasteiger partial charge in [-0.25, -0.2) is 0 Å². The Hall–Kier alpha value is -1.63. The van der Waals surface area contributed by atoms with Crippen LogP contribution in [-0.2, 0) is 0 Å². The minimum Gasteiger partial charge on any atom is -0.444 e. The smallest absolute Gasteiger partial charge is 0.289 e. The fourth-order valence-corrected chi connectivity index (χ4v) is 2.87. The molecule has 0 saturated carbocycles. The van der Waals surface area contributed by atoms with Gasteiger partial charge in [-0.2, -0.15) is 0 Å². The van der Waals surface area contributed by atoms with Gasteiger partial charge in [0, 0.05) is 24.9 Å². The number of carbonyl (C=O) groups excluding carboxylic acids is 1. The van der Waals surface area contributed by atoms with E-state index in [1.54, 1.807) is 12.1 Å². The van der Waals surface area contributed by atoms with Crippen molar-refractivity contribution in [2.45, 2.75) is 38.5 Å². The molecule has 1 aliphatic heterocycles. The lowest BCUT2D eigenvalue weighted by molar-refractivity contribution is 0.0672. The maximum Gasteiger partial charge on any atom is 0.289 e. The van der Waals surface area contributed by atoms with E-state index in [1.165, 1.54) is 0 Å². The van der Waals surface area contributed by atoms with Crippen LogP contribution in [0.1, 0.15) is 60.9 Å². The van der Waals surface area contributed by atoms with Gasteiger partial charge in [-0.15, -0.1) is 10.2 Å². The number of halogens is 1. The first-order chi connectivity index (χ1) is 10.5. The molecule has 118 valence electrons. The maximum absolute atomic E-state index is 12.3. The van der Waals surface area contributed by atoms with Crippen molar-refractivity contribution in [2.75, 3.05) is 13.1 Å². The fraction of sp³-hybridized carbons (Fsp3) is 0.533. The number of carbonyl (C=O) groups is 1. The van der Waals surface area contributed by atoms with E-state index in [1.807, 2.05) is 18.7 Å². The number of furan rings is 1. The molecular formula is C15H18BrN3O3. The highest BCUT2D eigenvalue weighted by Crippen LogP contribution is 2.29. The van der Waals surface area contributed by atoms with E-state index >= 15 is 0 Å². The van der Waals surface area contributed by atoms with Crippen LogP contribution >= 0.6 is 15.9 Å². The lowest BCUT2D eigenvalue weighted by Gasteiger charge is -2.29. The summed E-state index contributed by atoms with van der Waals surface area (Å²) in [5, 5.41) is 8.23. The Bertz CT molecular complexity index is 657. The summed E-state index contributed by atoms with van der Waals surface area (Å²) in [6.45, 7) is 5.39. The Morgan fingerprint density at radius 3 is 2.55 bits per heavy atom. The van der Waals surface area contributed by atoms with Crippen LogP contribution in [0.15, 0.2) is 25.6 Å². The minimum atomic E-state index is -0.0717.